The molecule has 0 unspecified atom stereocenters. The molecule has 0 aliphatic heterocycles. The summed E-state index contributed by atoms with van der Waals surface area (Å²) in [6.07, 6.45) is 0. The van der Waals surface area contributed by atoms with Gasteiger partial charge in [0.25, 0.3) is 0 Å². The van der Waals surface area contributed by atoms with Crippen LogP contribution in [0.15, 0.2) is 205 Å². The normalized spacial score (nSPS) is 11.7. The van der Waals surface area contributed by atoms with Gasteiger partial charge in [0.05, 0.1) is 27.6 Å². The summed E-state index contributed by atoms with van der Waals surface area (Å²) in [5, 5.41) is 5.46. The molecule has 4 aromatic heterocycles. The van der Waals surface area contributed by atoms with Gasteiger partial charge in [0.15, 0.2) is 17.5 Å². The minimum absolute atomic E-state index is 0.583. The van der Waals surface area contributed by atoms with Gasteiger partial charge in [0.1, 0.15) is 11.2 Å². The highest BCUT2D eigenvalue weighted by atomic mass is 16.3. The molecule has 6 heteroatoms. The Balaban J connectivity index is 1.02. The maximum Gasteiger partial charge on any atom is 0.164 e. The zero-order chi connectivity index (χ0) is 39.6. The number of pyridine rings is 1. The molecule has 0 aliphatic carbocycles. The van der Waals surface area contributed by atoms with Crippen LogP contribution >= 0.6 is 0 Å². The lowest BCUT2D eigenvalue weighted by molar-refractivity contribution is 0.672. The average Bonchev–Trinajstić information content (AvgIpc) is 3.89. The summed E-state index contributed by atoms with van der Waals surface area (Å²) in [5.41, 5.74) is 12.6. The van der Waals surface area contributed by atoms with Gasteiger partial charge in [-0.2, -0.15) is 0 Å². The van der Waals surface area contributed by atoms with E-state index in [0.29, 0.717) is 17.5 Å². The van der Waals surface area contributed by atoms with E-state index >= 15 is 0 Å². The Morgan fingerprint density at radius 1 is 0.350 bits per heavy atom. The van der Waals surface area contributed by atoms with Gasteiger partial charge in [-0.1, -0.05) is 152 Å². The van der Waals surface area contributed by atoms with Crippen molar-refractivity contribution in [2.75, 3.05) is 0 Å². The first-order chi connectivity index (χ1) is 29.7. The molecule has 0 aliphatic rings. The third-order valence-corrected chi connectivity index (χ3v) is 11.4. The average molecular weight is 768 g/mol. The topological polar surface area (TPSA) is 69.6 Å². The number of rotatable bonds is 6. The SMILES string of the molecule is c1ccc(-c2cccc(-c3nc(-c4ccc(-c5nc6ccccc6c6oc7ccccc7c56)cc4)nc(-c4cccc(-n5c6ccccc6c6ccccc65)c4)n3)c2)cc1. The van der Waals surface area contributed by atoms with Crippen molar-refractivity contribution in [1.29, 1.82) is 0 Å². The zero-order valence-electron chi connectivity index (χ0n) is 32.2. The predicted octanol–water partition coefficient (Wildman–Crippen LogP) is 13.8. The summed E-state index contributed by atoms with van der Waals surface area (Å²) < 4.78 is 8.79. The van der Waals surface area contributed by atoms with E-state index in [-0.39, 0.29) is 0 Å². The molecule has 6 nitrogen and oxygen atoms in total. The fourth-order valence-corrected chi connectivity index (χ4v) is 8.61. The Morgan fingerprint density at radius 3 is 1.62 bits per heavy atom. The number of para-hydroxylation sites is 4. The van der Waals surface area contributed by atoms with Crippen molar-refractivity contribution < 1.29 is 4.42 Å². The highest BCUT2D eigenvalue weighted by molar-refractivity contribution is 6.19. The maximum absolute atomic E-state index is 6.47. The first kappa shape index (κ1) is 33.9. The van der Waals surface area contributed by atoms with Gasteiger partial charge in [-0.15, -0.1) is 0 Å². The van der Waals surface area contributed by atoms with Crippen LogP contribution in [0.3, 0.4) is 0 Å². The molecule has 60 heavy (non-hydrogen) atoms. The van der Waals surface area contributed by atoms with Crippen LogP contribution in [0.4, 0.5) is 0 Å². The molecule has 0 N–H and O–H groups in total. The lowest BCUT2D eigenvalue weighted by Crippen LogP contribution is -2.01. The van der Waals surface area contributed by atoms with Crippen LogP contribution in [0.1, 0.15) is 0 Å². The van der Waals surface area contributed by atoms with Gasteiger partial charge in [-0.25, -0.2) is 19.9 Å². The number of benzene rings is 8. The van der Waals surface area contributed by atoms with Crippen LogP contribution < -0.4 is 0 Å². The molecule has 0 atom stereocenters. The minimum atomic E-state index is 0.583. The number of fused-ring (bicyclic) bond motifs is 8. The fraction of sp³-hybridized carbons (Fsp3) is 0. The largest absolute Gasteiger partial charge is 0.455 e. The van der Waals surface area contributed by atoms with E-state index in [9.17, 15) is 0 Å². The van der Waals surface area contributed by atoms with Crippen LogP contribution in [-0.2, 0) is 0 Å². The number of aromatic nitrogens is 5. The van der Waals surface area contributed by atoms with Gasteiger partial charge < -0.3 is 8.98 Å². The van der Waals surface area contributed by atoms with Crippen LogP contribution in [0.25, 0.3) is 117 Å². The molecular formula is C54H33N5O. The Hall–Kier alpha value is -8.22. The standard InChI is InChI=1S/C54H33N5O/c1-2-14-34(15-3-1)37-16-12-17-38(32-37)53-56-52(57-54(58-53)39-18-13-19-40(33-39)59-46-25-9-5-20-41(46)42-21-6-10-26-47(42)59)36-30-28-35(29-31-36)50-49-44-23-7-11-27-48(44)60-51(49)43-22-4-8-24-45(43)55-50/h1-33H. The Labute approximate surface area is 344 Å². The zero-order valence-corrected chi connectivity index (χ0v) is 32.2. The Bertz CT molecular complexity index is 3550. The number of furan rings is 1. The van der Waals surface area contributed by atoms with Gasteiger partial charge >= 0.3 is 0 Å². The highest BCUT2D eigenvalue weighted by Gasteiger charge is 2.19. The van der Waals surface area contributed by atoms with Crippen molar-refractivity contribution >= 4 is 54.6 Å². The third-order valence-electron chi connectivity index (χ3n) is 11.4. The first-order valence-electron chi connectivity index (χ1n) is 20.1. The summed E-state index contributed by atoms with van der Waals surface area (Å²) in [6, 6.07) is 69.1. The predicted molar refractivity (Wildman–Crippen MR) is 244 cm³/mol. The van der Waals surface area contributed by atoms with Crippen LogP contribution in [-0.4, -0.2) is 24.5 Å². The first-order valence-corrected chi connectivity index (χ1v) is 20.1. The van der Waals surface area contributed by atoms with Crippen molar-refractivity contribution in [3.8, 4) is 62.2 Å². The molecular weight excluding hydrogens is 735 g/mol. The van der Waals surface area contributed by atoms with E-state index in [4.69, 9.17) is 24.4 Å². The maximum atomic E-state index is 6.47. The van der Waals surface area contributed by atoms with Crippen LogP contribution in [0, 0.1) is 0 Å². The molecule has 0 radical (unpaired) electrons. The molecule has 0 saturated carbocycles. The molecule has 280 valence electrons. The van der Waals surface area contributed by atoms with Crippen molar-refractivity contribution in [3.05, 3.63) is 200 Å². The summed E-state index contributed by atoms with van der Waals surface area (Å²) >= 11 is 0. The molecule has 8 aromatic carbocycles. The van der Waals surface area contributed by atoms with Crippen LogP contribution in [0.2, 0.25) is 0 Å². The van der Waals surface area contributed by atoms with Crippen LogP contribution in [0.5, 0.6) is 0 Å². The number of hydrogen-bond donors (Lipinski definition) is 0. The fourth-order valence-electron chi connectivity index (χ4n) is 8.61. The van der Waals surface area contributed by atoms with Gasteiger partial charge in [0.2, 0.25) is 0 Å². The van der Waals surface area contributed by atoms with Crippen molar-refractivity contribution in [2.24, 2.45) is 0 Å². The Kier molecular flexibility index (Phi) is 7.74. The van der Waals surface area contributed by atoms with E-state index in [0.717, 1.165) is 88.6 Å². The van der Waals surface area contributed by atoms with E-state index < -0.39 is 0 Å². The molecule has 4 heterocycles. The molecule has 12 rings (SSSR count). The van der Waals surface area contributed by atoms with Crippen molar-refractivity contribution in [3.63, 3.8) is 0 Å². The quantitative estimate of drug-likeness (QED) is 0.168. The smallest absolute Gasteiger partial charge is 0.164 e. The molecule has 0 amide bonds. The molecule has 12 aromatic rings. The lowest BCUT2D eigenvalue weighted by Gasteiger charge is -2.12. The lowest BCUT2D eigenvalue weighted by atomic mass is 10.0. The Morgan fingerprint density at radius 2 is 0.883 bits per heavy atom. The summed E-state index contributed by atoms with van der Waals surface area (Å²) in [5.74, 6) is 1.77. The second kappa shape index (κ2) is 13.7. The van der Waals surface area contributed by atoms with E-state index in [2.05, 4.69) is 162 Å². The van der Waals surface area contributed by atoms with Gasteiger partial charge in [-0.05, 0) is 59.7 Å². The number of nitrogens with zero attached hydrogens (tertiary/aromatic N) is 5. The summed E-state index contributed by atoms with van der Waals surface area (Å²) in [4.78, 5) is 20.7. The van der Waals surface area contributed by atoms with Gasteiger partial charge in [0, 0.05) is 49.5 Å². The monoisotopic (exact) mass is 767 g/mol. The summed E-state index contributed by atoms with van der Waals surface area (Å²) in [6.45, 7) is 0. The van der Waals surface area contributed by atoms with E-state index in [1.165, 1.54) is 10.8 Å². The molecule has 0 saturated heterocycles. The third kappa shape index (κ3) is 5.57. The number of hydrogen-bond acceptors (Lipinski definition) is 5. The second-order valence-electron chi connectivity index (χ2n) is 15.0. The molecule has 0 fully saturated rings. The van der Waals surface area contributed by atoms with Crippen molar-refractivity contribution in [1.82, 2.24) is 24.5 Å². The van der Waals surface area contributed by atoms with Crippen molar-refractivity contribution in [2.45, 2.75) is 0 Å². The van der Waals surface area contributed by atoms with E-state index in [1.807, 2.05) is 42.5 Å². The highest BCUT2D eigenvalue weighted by Crippen LogP contribution is 2.40. The minimum Gasteiger partial charge on any atom is -0.455 e. The second-order valence-corrected chi connectivity index (χ2v) is 15.0. The summed E-state index contributed by atoms with van der Waals surface area (Å²) in [7, 11) is 0. The van der Waals surface area contributed by atoms with Gasteiger partial charge in [-0.3, -0.25) is 0 Å². The molecule has 0 spiro atoms. The van der Waals surface area contributed by atoms with E-state index in [1.54, 1.807) is 0 Å². The molecule has 0 bridgehead atoms.